The summed E-state index contributed by atoms with van der Waals surface area (Å²) in [7, 11) is 1.37. The number of morpholine rings is 1. The van der Waals surface area contributed by atoms with Gasteiger partial charge in [-0.3, -0.25) is 4.90 Å². The van der Waals surface area contributed by atoms with Crippen molar-refractivity contribution in [3.8, 4) is 22.3 Å². The topological polar surface area (TPSA) is 77.7 Å². The number of ether oxygens (including phenoxy) is 2. The van der Waals surface area contributed by atoms with Gasteiger partial charge in [-0.15, -0.1) is 0 Å². The van der Waals surface area contributed by atoms with Gasteiger partial charge >= 0.3 is 5.97 Å². The lowest BCUT2D eigenvalue weighted by Crippen LogP contribution is -2.35. The van der Waals surface area contributed by atoms with Gasteiger partial charge in [-0.1, -0.05) is 36.4 Å². The van der Waals surface area contributed by atoms with E-state index in [9.17, 15) is 4.79 Å². The number of pyridine rings is 1. The smallest absolute Gasteiger partial charge is 0.337 e. The molecule has 0 radical (unpaired) electrons. The van der Waals surface area contributed by atoms with E-state index < -0.39 is 0 Å². The molecule has 1 aromatic heterocycles. The monoisotopic (exact) mass is 403 g/mol. The highest BCUT2D eigenvalue weighted by atomic mass is 16.5. The Labute approximate surface area is 176 Å². The molecule has 154 valence electrons. The minimum absolute atomic E-state index is 0.362. The van der Waals surface area contributed by atoms with Crippen LogP contribution in [-0.2, 0) is 16.0 Å². The highest BCUT2D eigenvalue weighted by Crippen LogP contribution is 2.30. The maximum absolute atomic E-state index is 11.7. The van der Waals surface area contributed by atoms with Crippen LogP contribution >= 0.6 is 0 Å². The quantitative estimate of drug-likeness (QED) is 0.656. The summed E-state index contributed by atoms with van der Waals surface area (Å²) in [5, 5.41) is 0. The van der Waals surface area contributed by atoms with Crippen LogP contribution in [0.15, 0.2) is 60.8 Å². The van der Waals surface area contributed by atoms with Gasteiger partial charge in [0.15, 0.2) is 0 Å². The van der Waals surface area contributed by atoms with Crippen LogP contribution in [0.1, 0.15) is 15.9 Å². The first-order chi connectivity index (χ1) is 14.6. The molecule has 1 aliphatic heterocycles. The molecule has 0 unspecified atom stereocenters. The van der Waals surface area contributed by atoms with E-state index in [1.54, 1.807) is 18.3 Å². The number of anilines is 1. The summed E-state index contributed by atoms with van der Waals surface area (Å²) in [4.78, 5) is 18.4. The number of methoxy groups -OCH3 is 1. The summed E-state index contributed by atoms with van der Waals surface area (Å²) in [6, 6.07) is 17.8. The summed E-state index contributed by atoms with van der Waals surface area (Å²) in [5.41, 5.74) is 11.7. The second kappa shape index (κ2) is 9.07. The molecule has 0 aliphatic carbocycles. The molecule has 0 spiro atoms. The number of aromatic nitrogens is 1. The second-order valence-corrected chi connectivity index (χ2v) is 7.31. The van der Waals surface area contributed by atoms with Crippen molar-refractivity contribution in [2.75, 3.05) is 39.1 Å². The molecule has 2 N–H and O–H groups in total. The molecule has 4 rings (SSSR count). The molecule has 1 aliphatic rings. The van der Waals surface area contributed by atoms with Crippen LogP contribution in [0.2, 0.25) is 0 Å². The fourth-order valence-corrected chi connectivity index (χ4v) is 3.59. The van der Waals surface area contributed by atoms with E-state index in [4.69, 9.17) is 15.2 Å². The lowest BCUT2D eigenvalue weighted by atomic mass is 9.99. The summed E-state index contributed by atoms with van der Waals surface area (Å²) in [6.45, 7) is 4.49. The van der Waals surface area contributed by atoms with Crippen molar-refractivity contribution in [3.05, 3.63) is 71.9 Å². The third-order valence-electron chi connectivity index (χ3n) is 5.33. The lowest BCUT2D eigenvalue weighted by Gasteiger charge is -2.26. The second-order valence-electron chi connectivity index (χ2n) is 7.31. The number of hydrogen-bond acceptors (Lipinski definition) is 6. The zero-order valence-electron chi connectivity index (χ0n) is 17.0. The SMILES string of the molecule is COC(=O)c1ccc(-c2cc(-c3ccc(CN4CCOCC4)cc3)cnc2N)cc1. The van der Waals surface area contributed by atoms with Gasteiger partial charge in [0.2, 0.25) is 0 Å². The third kappa shape index (κ3) is 4.50. The summed E-state index contributed by atoms with van der Waals surface area (Å²) >= 11 is 0. The number of nitrogens with two attached hydrogens (primary N) is 1. The Morgan fingerprint density at radius 2 is 1.70 bits per heavy atom. The Hall–Kier alpha value is -3.22. The molecule has 0 saturated carbocycles. The zero-order valence-corrected chi connectivity index (χ0v) is 17.0. The molecule has 0 atom stereocenters. The maximum Gasteiger partial charge on any atom is 0.337 e. The van der Waals surface area contributed by atoms with Crippen LogP contribution in [0.25, 0.3) is 22.3 Å². The highest BCUT2D eigenvalue weighted by Gasteiger charge is 2.12. The first kappa shape index (κ1) is 20.1. The van der Waals surface area contributed by atoms with E-state index in [0.29, 0.717) is 11.4 Å². The lowest BCUT2D eigenvalue weighted by molar-refractivity contribution is 0.0342. The van der Waals surface area contributed by atoms with E-state index in [-0.39, 0.29) is 5.97 Å². The molecule has 6 nitrogen and oxygen atoms in total. The number of esters is 1. The van der Waals surface area contributed by atoms with Crippen molar-refractivity contribution >= 4 is 11.8 Å². The molecule has 1 fully saturated rings. The molecule has 1 saturated heterocycles. The first-order valence-corrected chi connectivity index (χ1v) is 9.98. The van der Waals surface area contributed by atoms with Crippen LogP contribution in [0, 0.1) is 0 Å². The van der Waals surface area contributed by atoms with Crippen LogP contribution < -0.4 is 5.73 Å². The molecule has 6 heteroatoms. The van der Waals surface area contributed by atoms with E-state index in [0.717, 1.165) is 55.1 Å². The first-order valence-electron chi connectivity index (χ1n) is 9.98. The minimum Gasteiger partial charge on any atom is -0.465 e. The summed E-state index contributed by atoms with van der Waals surface area (Å²) < 4.78 is 10.2. The maximum atomic E-state index is 11.7. The number of benzene rings is 2. The predicted molar refractivity (Wildman–Crippen MR) is 117 cm³/mol. The van der Waals surface area contributed by atoms with Crippen LogP contribution in [0.5, 0.6) is 0 Å². The van der Waals surface area contributed by atoms with Crippen molar-refractivity contribution in [2.24, 2.45) is 0 Å². The zero-order chi connectivity index (χ0) is 20.9. The third-order valence-corrected chi connectivity index (χ3v) is 5.33. The van der Waals surface area contributed by atoms with Gasteiger partial charge in [-0.25, -0.2) is 9.78 Å². The molecule has 2 aromatic carbocycles. The normalized spacial score (nSPS) is 14.4. The molecular formula is C24H25N3O3. The van der Waals surface area contributed by atoms with Gasteiger partial charge in [0, 0.05) is 37.0 Å². The Balaban J connectivity index is 1.54. The van der Waals surface area contributed by atoms with Crippen molar-refractivity contribution in [2.45, 2.75) is 6.54 Å². The van der Waals surface area contributed by atoms with E-state index in [2.05, 4.69) is 34.1 Å². The van der Waals surface area contributed by atoms with Gasteiger partial charge in [0.25, 0.3) is 0 Å². The van der Waals surface area contributed by atoms with Crippen LogP contribution in [0.3, 0.4) is 0 Å². The van der Waals surface area contributed by atoms with Gasteiger partial charge in [0.05, 0.1) is 25.9 Å². The average molecular weight is 403 g/mol. The number of carbonyl (C=O) groups excluding carboxylic acids is 1. The number of carbonyl (C=O) groups is 1. The van der Waals surface area contributed by atoms with E-state index >= 15 is 0 Å². The van der Waals surface area contributed by atoms with E-state index in [1.165, 1.54) is 12.7 Å². The van der Waals surface area contributed by atoms with Gasteiger partial charge in [-0.2, -0.15) is 0 Å². The molecule has 0 bridgehead atoms. The van der Waals surface area contributed by atoms with Crippen molar-refractivity contribution in [3.63, 3.8) is 0 Å². The number of nitrogen functional groups attached to an aromatic ring is 1. The highest BCUT2D eigenvalue weighted by molar-refractivity contribution is 5.90. The molecule has 30 heavy (non-hydrogen) atoms. The van der Waals surface area contributed by atoms with E-state index in [1.807, 2.05) is 18.2 Å². The van der Waals surface area contributed by atoms with Gasteiger partial charge < -0.3 is 15.2 Å². The van der Waals surface area contributed by atoms with Gasteiger partial charge in [-0.05, 0) is 34.9 Å². The van der Waals surface area contributed by atoms with Crippen LogP contribution in [-0.4, -0.2) is 49.3 Å². The Morgan fingerprint density at radius 3 is 2.37 bits per heavy atom. The summed E-state index contributed by atoms with van der Waals surface area (Å²) in [5.74, 6) is 0.0899. The van der Waals surface area contributed by atoms with Crippen molar-refractivity contribution in [1.82, 2.24) is 9.88 Å². The van der Waals surface area contributed by atoms with Crippen LogP contribution in [0.4, 0.5) is 5.82 Å². The number of rotatable bonds is 5. The molecule has 3 aromatic rings. The average Bonchev–Trinajstić information content (AvgIpc) is 2.80. The Bertz CT molecular complexity index is 1010. The fraction of sp³-hybridized carbons (Fsp3) is 0.250. The minimum atomic E-state index is -0.362. The number of hydrogen-bond donors (Lipinski definition) is 1. The Morgan fingerprint density at radius 1 is 1.03 bits per heavy atom. The largest absolute Gasteiger partial charge is 0.465 e. The number of nitrogens with zero attached hydrogens (tertiary/aromatic N) is 2. The predicted octanol–water partition coefficient (Wildman–Crippen LogP) is 3.62. The molecule has 0 amide bonds. The van der Waals surface area contributed by atoms with Crippen molar-refractivity contribution < 1.29 is 14.3 Å². The molecule has 2 heterocycles. The summed E-state index contributed by atoms with van der Waals surface area (Å²) in [6.07, 6.45) is 1.79. The molecular weight excluding hydrogens is 378 g/mol. The van der Waals surface area contributed by atoms with Crippen molar-refractivity contribution in [1.29, 1.82) is 0 Å². The standard InChI is InChI=1S/C24H25N3O3/c1-29-24(28)20-8-6-19(7-9-20)22-14-21(15-26-23(22)25)18-4-2-17(3-5-18)16-27-10-12-30-13-11-27/h2-9,14-15H,10-13,16H2,1H3,(H2,25,26). The Kier molecular flexibility index (Phi) is 6.07. The fourth-order valence-electron chi connectivity index (χ4n) is 3.59. The van der Waals surface area contributed by atoms with Gasteiger partial charge in [0.1, 0.15) is 5.82 Å².